The lowest BCUT2D eigenvalue weighted by atomic mass is 9.97. The van der Waals surface area contributed by atoms with Gasteiger partial charge in [0.2, 0.25) is 0 Å². The van der Waals surface area contributed by atoms with E-state index in [1.54, 1.807) is 12.1 Å². The normalized spacial score (nSPS) is 17.0. The zero-order valence-corrected chi connectivity index (χ0v) is 17.8. The fourth-order valence-electron chi connectivity index (χ4n) is 4.05. The number of rotatable bonds is 7. The van der Waals surface area contributed by atoms with Gasteiger partial charge in [-0.05, 0) is 48.2 Å². The Labute approximate surface area is 186 Å². The summed E-state index contributed by atoms with van der Waals surface area (Å²) in [6.45, 7) is 1.64. The van der Waals surface area contributed by atoms with Gasteiger partial charge >= 0.3 is 0 Å². The van der Waals surface area contributed by atoms with Crippen LogP contribution < -0.4 is 10.2 Å². The van der Waals surface area contributed by atoms with Crippen molar-refractivity contribution < 1.29 is 14.6 Å². The lowest BCUT2D eigenvalue weighted by Gasteiger charge is -2.24. The first kappa shape index (κ1) is 21.6. The minimum atomic E-state index is -0.835. The van der Waals surface area contributed by atoms with Gasteiger partial charge in [-0.15, -0.1) is 0 Å². The van der Waals surface area contributed by atoms with Crippen molar-refractivity contribution in [3.8, 4) is 0 Å². The molecule has 2 unspecified atom stereocenters. The van der Waals surface area contributed by atoms with Gasteiger partial charge in [0.15, 0.2) is 0 Å². The maximum atomic E-state index is 13.1. The first-order chi connectivity index (χ1) is 15.0. The van der Waals surface area contributed by atoms with Gasteiger partial charge in [0.25, 0.3) is 0 Å². The molecule has 7 heteroatoms. The van der Waals surface area contributed by atoms with Crippen molar-refractivity contribution >= 4 is 23.1 Å². The summed E-state index contributed by atoms with van der Waals surface area (Å²) in [4.78, 5) is 6.34. The Morgan fingerprint density at radius 2 is 2.03 bits per heavy atom. The molecule has 0 spiro atoms. The van der Waals surface area contributed by atoms with Gasteiger partial charge in [-0.2, -0.15) is 0 Å². The molecule has 3 N–H and O–H groups in total. The summed E-state index contributed by atoms with van der Waals surface area (Å²) in [5, 5.41) is 24.3. The van der Waals surface area contributed by atoms with Crippen LogP contribution in [0.15, 0.2) is 60.8 Å². The van der Waals surface area contributed by atoms with E-state index >= 15 is 0 Å². The topological polar surface area (TPSA) is 68.6 Å². The van der Waals surface area contributed by atoms with Crippen molar-refractivity contribution in [1.82, 2.24) is 4.98 Å². The van der Waals surface area contributed by atoms with Crippen LogP contribution in [-0.2, 0) is 6.42 Å². The van der Waals surface area contributed by atoms with Gasteiger partial charge in [0.1, 0.15) is 17.7 Å². The predicted molar refractivity (Wildman–Crippen MR) is 121 cm³/mol. The van der Waals surface area contributed by atoms with E-state index in [4.69, 9.17) is 11.6 Å². The van der Waals surface area contributed by atoms with E-state index < -0.39 is 6.10 Å². The van der Waals surface area contributed by atoms with E-state index in [0.717, 1.165) is 36.3 Å². The summed E-state index contributed by atoms with van der Waals surface area (Å²) in [7, 11) is 0. The van der Waals surface area contributed by atoms with Gasteiger partial charge < -0.3 is 20.4 Å². The zero-order valence-electron chi connectivity index (χ0n) is 17.0. The molecule has 31 heavy (non-hydrogen) atoms. The number of aromatic nitrogens is 1. The monoisotopic (exact) mass is 441 g/mol. The van der Waals surface area contributed by atoms with Gasteiger partial charge in [0.05, 0.1) is 6.20 Å². The number of nitrogens with one attached hydrogen (secondary N) is 1. The van der Waals surface area contributed by atoms with Crippen LogP contribution in [0.25, 0.3) is 0 Å². The average molecular weight is 442 g/mol. The summed E-state index contributed by atoms with van der Waals surface area (Å²) >= 11 is 6.25. The summed E-state index contributed by atoms with van der Waals surface area (Å²) < 4.78 is 13.1. The molecule has 0 saturated carbocycles. The molecule has 0 bridgehead atoms. The van der Waals surface area contributed by atoms with Gasteiger partial charge in [-0.3, -0.25) is 0 Å². The average Bonchev–Trinajstić information content (AvgIpc) is 3.24. The van der Waals surface area contributed by atoms with Gasteiger partial charge in [-0.1, -0.05) is 41.9 Å². The van der Waals surface area contributed by atoms with Crippen LogP contribution in [-0.4, -0.2) is 40.9 Å². The molecule has 2 atom stereocenters. The molecule has 0 aliphatic carbocycles. The Hall–Kier alpha value is -2.67. The standard InChI is InChI=1S/C24H25ClFN3O2/c25-21-4-2-1-3-20(21)24(31)17-5-7-22(16(13-17)10-12-30)29-11-9-19(15-29)28-23-8-6-18(26)14-27-23/h1-8,13-14,19,24,30-31H,9-12,15H2,(H,27,28). The summed E-state index contributed by atoms with van der Waals surface area (Å²) in [6, 6.07) is 16.3. The third-order valence-electron chi connectivity index (χ3n) is 5.61. The van der Waals surface area contributed by atoms with E-state index in [9.17, 15) is 14.6 Å². The Balaban J connectivity index is 1.52. The lowest BCUT2D eigenvalue weighted by Crippen LogP contribution is -2.27. The molecule has 162 valence electrons. The van der Waals surface area contributed by atoms with Crippen molar-refractivity contribution in [3.05, 3.63) is 88.3 Å². The molecular weight excluding hydrogens is 417 g/mol. The minimum Gasteiger partial charge on any atom is -0.396 e. The van der Waals surface area contributed by atoms with Crippen LogP contribution in [0.4, 0.5) is 15.9 Å². The Morgan fingerprint density at radius 1 is 1.19 bits per heavy atom. The van der Waals surface area contributed by atoms with Crippen LogP contribution in [0.5, 0.6) is 0 Å². The number of pyridine rings is 1. The molecule has 4 rings (SSSR count). The Morgan fingerprint density at radius 3 is 2.77 bits per heavy atom. The van der Waals surface area contributed by atoms with E-state index in [2.05, 4.69) is 15.2 Å². The molecule has 2 aromatic carbocycles. The van der Waals surface area contributed by atoms with Gasteiger partial charge in [0, 0.05) is 42.0 Å². The molecule has 2 heterocycles. The SMILES string of the molecule is OCCc1cc(C(O)c2ccccc2Cl)ccc1N1CCC(Nc2ccc(F)cn2)C1. The number of hydrogen-bond donors (Lipinski definition) is 3. The van der Waals surface area contributed by atoms with E-state index in [1.807, 2.05) is 36.4 Å². The fraction of sp³-hybridized carbons (Fsp3) is 0.292. The number of benzene rings is 2. The van der Waals surface area contributed by atoms with Gasteiger partial charge in [-0.25, -0.2) is 9.37 Å². The van der Waals surface area contributed by atoms with Crippen LogP contribution in [0.3, 0.4) is 0 Å². The van der Waals surface area contributed by atoms with Crippen LogP contribution in [0, 0.1) is 5.82 Å². The van der Waals surface area contributed by atoms with Crippen molar-refractivity contribution in [1.29, 1.82) is 0 Å². The largest absolute Gasteiger partial charge is 0.396 e. The molecule has 0 amide bonds. The molecule has 3 aromatic rings. The molecule has 1 aliphatic rings. The fourth-order valence-corrected chi connectivity index (χ4v) is 4.29. The quantitative estimate of drug-likeness (QED) is 0.513. The molecule has 5 nitrogen and oxygen atoms in total. The first-order valence-electron chi connectivity index (χ1n) is 10.3. The lowest BCUT2D eigenvalue weighted by molar-refractivity contribution is 0.220. The molecular formula is C24H25ClFN3O2. The smallest absolute Gasteiger partial charge is 0.141 e. The third kappa shape index (κ3) is 4.98. The molecule has 1 aromatic heterocycles. The van der Waals surface area contributed by atoms with E-state index in [1.165, 1.54) is 12.3 Å². The number of hydrogen-bond acceptors (Lipinski definition) is 5. The van der Waals surface area contributed by atoms with Crippen LogP contribution in [0.2, 0.25) is 5.02 Å². The van der Waals surface area contributed by atoms with Crippen LogP contribution in [0.1, 0.15) is 29.2 Å². The first-order valence-corrected chi connectivity index (χ1v) is 10.7. The highest BCUT2D eigenvalue weighted by Gasteiger charge is 2.25. The van der Waals surface area contributed by atoms with Crippen molar-refractivity contribution in [2.24, 2.45) is 0 Å². The molecule has 1 aliphatic heterocycles. The summed E-state index contributed by atoms with van der Waals surface area (Å²) in [5.41, 5.74) is 3.42. The number of halogens is 2. The van der Waals surface area contributed by atoms with Crippen molar-refractivity contribution in [2.75, 3.05) is 29.9 Å². The predicted octanol–water partition coefficient (Wildman–Crippen LogP) is 4.18. The highest BCUT2D eigenvalue weighted by molar-refractivity contribution is 6.31. The van der Waals surface area contributed by atoms with Crippen LogP contribution >= 0.6 is 11.6 Å². The molecule has 1 saturated heterocycles. The third-order valence-corrected chi connectivity index (χ3v) is 5.95. The molecule has 1 fully saturated rings. The molecule has 0 radical (unpaired) electrons. The summed E-state index contributed by atoms with van der Waals surface area (Å²) in [5.74, 6) is 0.299. The van der Waals surface area contributed by atoms with Crippen molar-refractivity contribution in [3.63, 3.8) is 0 Å². The Kier molecular flexibility index (Phi) is 6.70. The highest BCUT2D eigenvalue weighted by atomic mass is 35.5. The minimum absolute atomic E-state index is 0.0215. The highest BCUT2D eigenvalue weighted by Crippen LogP contribution is 2.33. The second-order valence-corrected chi connectivity index (χ2v) is 8.13. The van der Waals surface area contributed by atoms with E-state index in [0.29, 0.717) is 22.8 Å². The second-order valence-electron chi connectivity index (χ2n) is 7.72. The van der Waals surface area contributed by atoms with Crippen molar-refractivity contribution in [2.45, 2.75) is 25.0 Å². The summed E-state index contributed by atoms with van der Waals surface area (Å²) in [6.07, 6.45) is 1.78. The number of nitrogens with zero attached hydrogens (tertiary/aromatic N) is 2. The number of aliphatic hydroxyl groups is 2. The maximum Gasteiger partial charge on any atom is 0.141 e. The second kappa shape index (κ2) is 9.64. The number of aliphatic hydroxyl groups excluding tert-OH is 2. The zero-order chi connectivity index (χ0) is 21.8. The number of anilines is 2. The Bertz CT molecular complexity index is 1030. The van der Waals surface area contributed by atoms with E-state index in [-0.39, 0.29) is 18.5 Å². The maximum absolute atomic E-state index is 13.1.